The van der Waals surface area contributed by atoms with Crippen molar-refractivity contribution in [3.05, 3.63) is 108 Å². The highest BCUT2D eigenvalue weighted by Gasteiger charge is 2.25. The lowest BCUT2D eigenvalue weighted by Gasteiger charge is -2.32. The summed E-state index contributed by atoms with van der Waals surface area (Å²) >= 11 is 0. The molecule has 0 atom stereocenters. The maximum absolute atomic E-state index is 13.3. The zero-order chi connectivity index (χ0) is 24.7. The predicted molar refractivity (Wildman–Crippen MR) is 141 cm³/mol. The Morgan fingerprint density at radius 2 is 1.58 bits per heavy atom. The first-order valence-electron chi connectivity index (χ1n) is 12.5. The molecule has 4 aromatic rings. The van der Waals surface area contributed by atoms with Crippen molar-refractivity contribution in [2.45, 2.75) is 31.7 Å². The highest BCUT2D eigenvalue weighted by molar-refractivity contribution is 5.95. The predicted octanol–water partition coefficient (Wildman–Crippen LogP) is 4.89. The quantitative estimate of drug-likeness (QED) is 0.411. The minimum absolute atomic E-state index is 0.0131. The third-order valence-electron chi connectivity index (χ3n) is 6.68. The van der Waals surface area contributed by atoms with Crippen LogP contribution < -0.4 is 5.32 Å². The van der Waals surface area contributed by atoms with Gasteiger partial charge in [-0.05, 0) is 49.1 Å². The van der Waals surface area contributed by atoms with Crippen LogP contribution in [0, 0.1) is 0 Å². The van der Waals surface area contributed by atoms with Crippen molar-refractivity contribution in [3.8, 4) is 16.9 Å². The zero-order valence-electron chi connectivity index (χ0n) is 20.2. The fourth-order valence-electron chi connectivity index (χ4n) is 4.72. The molecule has 182 valence electrons. The molecule has 2 heterocycles. The summed E-state index contributed by atoms with van der Waals surface area (Å²) < 4.78 is 1.86. The molecule has 1 fully saturated rings. The monoisotopic (exact) mass is 478 g/mol. The Labute approximate surface area is 211 Å². The van der Waals surface area contributed by atoms with Crippen molar-refractivity contribution in [2.24, 2.45) is 0 Å². The number of nitrogens with one attached hydrogen (secondary N) is 1. The molecule has 1 aromatic heterocycles. The summed E-state index contributed by atoms with van der Waals surface area (Å²) in [6, 6.07) is 29.9. The Hall–Kier alpha value is -4.19. The summed E-state index contributed by atoms with van der Waals surface area (Å²) in [6.07, 6.45) is 4.52. The van der Waals surface area contributed by atoms with Crippen LogP contribution in [-0.2, 0) is 11.2 Å². The van der Waals surface area contributed by atoms with Gasteiger partial charge in [0.1, 0.15) is 0 Å². The van der Waals surface area contributed by atoms with Crippen LogP contribution >= 0.6 is 0 Å². The van der Waals surface area contributed by atoms with E-state index in [1.165, 1.54) is 5.56 Å². The van der Waals surface area contributed by atoms with Crippen molar-refractivity contribution < 1.29 is 9.59 Å². The lowest BCUT2D eigenvalue weighted by Crippen LogP contribution is -2.46. The van der Waals surface area contributed by atoms with Crippen molar-refractivity contribution in [1.29, 1.82) is 0 Å². The van der Waals surface area contributed by atoms with Crippen LogP contribution in [0.3, 0.4) is 0 Å². The Balaban J connectivity index is 1.18. The van der Waals surface area contributed by atoms with Crippen LogP contribution in [0.4, 0.5) is 0 Å². The average molecular weight is 479 g/mol. The van der Waals surface area contributed by atoms with Gasteiger partial charge in [-0.2, -0.15) is 5.10 Å². The number of amides is 2. The first-order chi connectivity index (χ1) is 17.7. The molecule has 3 aromatic carbocycles. The molecular formula is C30H30N4O2. The Kier molecular flexibility index (Phi) is 7.22. The van der Waals surface area contributed by atoms with E-state index in [1.807, 2.05) is 101 Å². The van der Waals surface area contributed by atoms with Crippen LogP contribution in [0.25, 0.3) is 16.9 Å². The van der Waals surface area contributed by atoms with Crippen LogP contribution in [0.2, 0.25) is 0 Å². The summed E-state index contributed by atoms with van der Waals surface area (Å²) in [6.45, 7) is 1.26. The molecule has 1 aliphatic heterocycles. The fourth-order valence-corrected chi connectivity index (χ4v) is 4.72. The van der Waals surface area contributed by atoms with Crippen molar-refractivity contribution in [2.75, 3.05) is 13.1 Å². The SMILES string of the molecule is O=C(CCc1ccccc1)NC1CCN(C(=O)c2cccc(-n3nccc3-c3ccccc3)c2)CC1. The van der Waals surface area contributed by atoms with E-state index in [-0.39, 0.29) is 17.9 Å². The second kappa shape index (κ2) is 11.0. The summed E-state index contributed by atoms with van der Waals surface area (Å²) in [5, 5.41) is 7.65. The lowest BCUT2D eigenvalue weighted by molar-refractivity contribution is -0.122. The molecule has 1 saturated heterocycles. The molecule has 0 bridgehead atoms. The molecular weight excluding hydrogens is 448 g/mol. The number of rotatable bonds is 7. The molecule has 0 unspecified atom stereocenters. The summed E-state index contributed by atoms with van der Waals surface area (Å²) in [4.78, 5) is 27.6. The van der Waals surface area contributed by atoms with Gasteiger partial charge in [0.15, 0.2) is 0 Å². The maximum Gasteiger partial charge on any atom is 0.253 e. The third kappa shape index (κ3) is 5.54. The van der Waals surface area contributed by atoms with Gasteiger partial charge in [0.05, 0.1) is 17.6 Å². The van der Waals surface area contributed by atoms with Gasteiger partial charge in [-0.1, -0.05) is 66.7 Å². The number of aromatic nitrogens is 2. The van der Waals surface area contributed by atoms with E-state index in [4.69, 9.17) is 0 Å². The molecule has 6 heteroatoms. The minimum atomic E-state index is 0.0131. The van der Waals surface area contributed by atoms with E-state index >= 15 is 0 Å². The number of aryl methyl sites for hydroxylation is 1. The van der Waals surface area contributed by atoms with Crippen molar-refractivity contribution in [1.82, 2.24) is 20.0 Å². The summed E-state index contributed by atoms with van der Waals surface area (Å²) in [5.74, 6) is 0.0869. The standard InChI is InChI=1S/C30H30N4O2/c35-29(15-14-23-8-3-1-4-9-23)32-26-17-20-33(21-18-26)30(36)25-12-7-13-27(22-25)34-28(16-19-31-34)24-10-5-2-6-11-24/h1-13,16,19,22,26H,14-15,17-18,20-21H2,(H,32,35). The number of hydrogen-bond acceptors (Lipinski definition) is 3. The van der Waals surface area contributed by atoms with E-state index in [0.717, 1.165) is 36.2 Å². The Morgan fingerprint density at radius 1 is 0.861 bits per heavy atom. The molecule has 6 nitrogen and oxygen atoms in total. The number of piperidine rings is 1. The van der Waals surface area contributed by atoms with Gasteiger partial charge in [0.2, 0.25) is 5.91 Å². The van der Waals surface area contributed by atoms with Crippen LogP contribution in [-0.4, -0.2) is 45.6 Å². The first-order valence-corrected chi connectivity index (χ1v) is 12.5. The second-order valence-electron chi connectivity index (χ2n) is 9.16. The number of carbonyl (C=O) groups excluding carboxylic acids is 2. The topological polar surface area (TPSA) is 67.2 Å². The molecule has 0 spiro atoms. The van der Waals surface area contributed by atoms with E-state index < -0.39 is 0 Å². The number of benzene rings is 3. The highest BCUT2D eigenvalue weighted by Crippen LogP contribution is 2.23. The smallest absolute Gasteiger partial charge is 0.253 e. The van der Waals surface area contributed by atoms with Gasteiger partial charge in [-0.15, -0.1) is 0 Å². The largest absolute Gasteiger partial charge is 0.353 e. The molecule has 1 N–H and O–H groups in total. The fraction of sp³-hybridized carbons (Fsp3) is 0.233. The van der Waals surface area contributed by atoms with Crippen molar-refractivity contribution in [3.63, 3.8) is 0 Å². The third-order valence-corrected chi connectivity index (χ3v) is 6.68. The van der Waals surface area contributed by atoms with Gasteiger partial charge in [-0.25, -0.2) is 4.68 Å². The molecule has 5 rings (SSSR count). The van der Waals surface area contributed by atoms with E-state index in [2.05, 4.69) is 10.4 Å². The second-order valence-corrected chi connectivity index (χ2v) is 9.16. The van der Waals surface area contributed by atoms with E-state index in [0.29, 0.717) is 25.1 Å². The number of carbonyl (C=O) groups is 2. The first kappa shape index (κ1) is 23.5. The van der Waals surface area contributed by atoms with E-state index in [9.17, 15) is 9.59 Å². The maximum atomic E-state index is 13.3. The Morgan fingerprint density at radius 3 is 2.33 bits per heavy atom. The normalized spacial score (nSPS) is 13.9. The van der Waals surface area contributed by atoms with Crippen LogP contribution in [0.5, 0.6) is 0 Å². The van der Waals surface area contributed by atoms with Gasteiger partial charge in [0.25, 0.3) is 5.91 Å². The zero-order valence-corrected chi connectivity index (χ0v) is 20.2. The van der Waals surface area contributed by atoms with Gasteiger partial charge in [0, 0.05) is 36.7 Å². The minimum Gasteiger partial charge on any atom is -0.353 e. The average Bonchev–Trinajstić information content (AvgIpc) is 3.43. The van der Waals surface area contributed by atoms with Gasteiger partial charge < -0.3 is 10.2 Å². The summed E-state index contributed by atoms with van der Waals surface area (Å²) in [7, 11) is 0. The van der Waals surface area contributed by atoms with E-state index in [1.54, 1.807) is 6.20 Å². The number of likely N-dealkylation sites (tertiary alicyclic amines) is 1. The van der Waals surface area contributed by atoms with Gasteiger partial charge in [-0.3, -0.25) is 9.59 Å². The highest BCUT2D eigenvalue weighted by atomic mass is 16.2. The van der Waals surface area contributed by atoms with Crippen LogP contribution in [0.1, 0.15) is 35.2 Å². The summed E-state index contributed by atoms with van der Waals surface area (Å²) in [5.41, 5.74) is 4.71. The molecule has 0 saturated carbocycles. The van der Waals surface area contributed by atoms with Gasteiger partial charge >= 0.3 is 0 Å². The van der Waals surface area contributed by atoms with Crippen molar-refractivity contribution >= 4 is 11.8 Å². The molecule has 36 heavy (non-hydrogen) atoms. The Bertz CT molecular complexity index is 1310. The lowest BCUT2D eigenvalue weighted by atomic mass is 10.0. The molecule has 2 amide bonds. The molecule has 0 aliphatic carbocycles. The molecule has 1 aliphatic rings. The molecule has 0 radical (unpaired) electrons. The van der Waals surface area contributed by atoms with Crippen LogP contribution in [0.15, 0.2) is 97.2 Å². The number of hydrogen-bond donors (Lipinski definition) is 1. The number of nitrogens with zero attached hydrogens (tertiary/aromatic N) is 3.